The van der Waals surface area contributed by atoms with Crippen LogP contribution in [-0.4, -0.2) is 31.0 Å². The van der Waals surface area contributed by atoms with E-state index in [1.807, 2.05) is 0 Å². The second-order valence-electron chi connectivity index (χ2n) is 3.49. The van der Waals surface area contributed by atoms with Crippen LogP contribution in [0.25, 0.3) is 0 Å². The number of ether oxygens (including phenoxy) is 1. The van der Waals surface area contributed by atoms with Crippen LogP contribution in [0.5, 0.6) is 5.75 Å². The Morgan fingerprint density at radius 1 is 1.47 bits per heavy atom. The van der Waals surface area contributed by atoms with Crippen LogP contribution in [0.15, 0.2) is 18.2 Å². The lowest BCUT2D eigenvalue weighted by Gasteiger charge is -2.31. The third-order valence-electron chi connectivity index (χ3n) is 2.54. The molecule has 2 rings (SSSR count). The van der Waals surface area contributed by atoms with Gasteiger partial charge in [-0.1, -0.05) is 11.6 Å². The number of carbonyl (C=O) groups excluding carboxylic acids is 1. The smallest absolute Gasteiger partial charge is 0.257 e. The summed E-state index contributed by atoms with van der Waals surface area (Å²) >= 11 is 5.86. The molecule has 3 nitrogen and oxygen atoms in total. The Kier molecular flexibility index (Phi) is 2.82. The Balaban J connectivity index is 2.31. The molecular formula is C11H12ClNO2. The number of benzene rings is 1. The largest absolute Gasteiger partial charge is 0.496 e. The predicted molar refractivity (Wildman–Crippen MR) is 58.5 cm³/mol. The molecule has 1 amide bonds. The third-order valence-corrected chi connectivity index (χ3v) is 2.77. The van der Waals surface area contributed by atoms with Crippen LogP contribution in [0.3, 0.4) is 0 Å². The SMILES string of the molecule is COc1ccc(Cl)cc1C(=O)N1CCC1. The van der Waals surface area contributed by atoms with Gasteiger partial charge in [0, 0.05) is 18.1 Å². The number of likely N-dealkylation sites (tertiary alicyclic amines) is 1. The van der Waals surface area contributed by atoms with Gasteiger partial charge in [0.15, 0.2) is 0 Å². The van der Waals surface area contributed by atoms with Crippen LogP contribution in [-0.2, 0) is 0 Å². The molecule has 1 aromatic rings. The van der Waals surface area contributed by atoms with Gasteiger partial charge in [0.05, 0.1) is 12.7 Å². The molecule has 0 unspecified atom stereocenters. The molecule has 0 atom stereocenters. The summed E-state index contributed by atoms with van der Waals surface area (Å²) < 4.78 is 5.13. The highest BCUT2D eigenvalue weighted by molar-refractivity contribution is 6.31. The minimum atomic E-state index is 0.000556. The van der Waals surface area contributed by atoms with E-state index in [1.54, 1.807) is 30.2 Å². The molecule has 0 bridgehead atoms. The molecule has 80 valence electrons. The molecule has 0 spiro atoms. The van der Waals surface area contributed by atoms with Crippen molar-refractivity contribution in [3.8, 4) is 5.75 Å². The van der Waals surface area contributed by atoms with Crippen molar-refractivity contribution in [2.75, 3.05) is 20.2 Å². The van der Waals surface area contributed by atoms with E-state index < -0.39 is 0 Å². The van der Waals surface area contributed by atoms with Crippen molar-refractivity contribution in [2.24, 2.45) is 0 Å². The molecule has 1 saturated heterocycles. The molecule has 15 heavy (non-hydrogen) atoms. The molecule has 0 aliphatic carbocycles. The number of rotatable bonds is 2. The van der Waals surface area contributed by atoms with Gasteiger partial charge in [-0.15, -0.1) is 0 Å². The number of halogens is 1. The molecule has 0 N–H and O–H groups in total. The first-order valence-electron chi connectivity index (χ1n) is 4.85. The summed E-state index contributed by atoms with van der Waals surface area (Å²) in [6.45, 7) is 1.66. The van der Waals surface area contributed by atoms with Gasteiger partial charge in [-0.05, 0) is 24.6 Å². The summed E-state index contributed by atoms with van der Waals surface area (Å²) in [7, 11) is 1.55. The van der Waals surface area contributed by atoms with Gasteiger partial charge in [0.25, 0.3) is 5.91 Å². The Labute approximate surface area is 93.6 Å². The Hall–Kier alpha value is -1.22. The molecule has 0 saturated carbocycles. The Morgan fingerprint density at radius 2 is 2.20 bits per heavy atom. The zero-order chi connectivity index (χ0) is 10.8. The fraction of sp³-hybridized carbons (Fsp3) is 0.364. The van der Waals surface area contributed by atoms with E-state index in [0.29, 0.717) is 16.3 Å². The standard InChI is InChI=1S/C11H12ClNO2/c1-15-10-4-3-8(12)7-9(10)11(14)13-5-2-6-13/h3-4,7H,2,5-6H2,1H3. The van der Waals surface area contributed by atoms with E-state index in [1.165, 1.54) is 0 Å². The lowest BCUT2D eigenvalue weighted by molar-refractivity contribution is 0.0648. The first-order chi connectivity index (χ1) is 7.22. The number of hydrogen-bond donors (Lipinski definition) is 0. The average Bonchev–Trinajstić information content (AvgIpc) is 2.15. The quantitative estimate of drug-likeness (QED) is 0.772. The van der Waals surface area contributed by atoms with E-state index in [9.17, 15) is 4.79 Å². The highest BCUT2D eigenvalue weighted by atomic mass is 35.5. The molecule has 1 aliphatic heterocycles. The van der Waals surface area contributed by atoms with Crippen molar-refractivity contribution in [1.29, 1.82) is 0 Å². The van der Waals surface area contributed by atoms with Gasteiger partial charge >= 0.3 is 0 Å². The van der Waals surface area contributed by atoms with E-state index in [4.69, 9.17) is 16.3 Å². The van der Waals surface area contributed by atoms with Crippen LogP contribution >= 0.6 is 11.6 Å². The van der Waals surface area contributed by atoms with Crippen LogP contribution in [0.4, 0.5) is 0 Å². The number of carbonyl (C=O) groups is 1. The number of methoxy groups -OCH3 is 1. The van der Waals surface area contributed by atoms with Crippen LogP contribution < -0.4 is 4.74 Å². The van der Waals surface area contributed by atoms with Crippen LogP contribution in [0.2, 0.25) is 5.02 Å². The van der Waals surface area contributed by atoms with Crippen molar-refractivity contribution in [2.45, 2.75) is 6.42 Å². The van der Waals surface area contributed by atoms with Crippen molar-refractivity contribution in [1.82, 2.24) is 4.90 Å². The first-order valence-corrected chi connectivity index (χ1v) is 5.23. The second kappa shape index (κ2) is 4.11. The summed E-state index contributed by atoms with van der Waals surface area (Å²) in [5.74, 6) is 0.580. The van der Waals surface area contributed by atoms with E-state index in [0.717, 1.165) is 19.5 Å². The summed E-state index contributed by atoms with van der Waals surface area (Å²) in [6.07, 6.45) is 1.08. The zero-order valence-corrected chi connectivity index (χ0v) is 9.25. The van der Waals surface area contributed by atoms with Crippen molar-refractivity contribution < 1.29 is 9.53 Å². The summed E-state index contributed by atoms with van der Waals surface area (Å²) in [4.78, 5) is 13.7. The van der Waals surface area contributed by atoms with Gasteiger partial charge < -0.3 is 9.64 Å². The van der Waals surface area contributed by atoms with Crippen molar-refractivity contribution >= 4 is 17.5 Å². The maximum atomic E-state index is 11.9. The summed E-state index contributed by atoms with van der Waals surface area (Å²) in [5.41, 5.74) is 0.546. The number of hydrogen-bond acceptors (Lipinski definition) is 2. The fourth-order valence-electron chi connectivity index (χ4n) is 1.54. The summed E-state index contributed by atoms with van der Waals surface area (Å²) in [5, 5.41) is 0.555. The fourth-order valence-corrected chi connectivity index (χ4v) is 1.71. The minimum absolute atomic E-state index is 0.000556. The normalized spacial score (nSPS) is 14.7. The second-order valence-corrected chi connectivity index (χ2v) is 3.93. The van der Waals surface area contributed by atoms with E-state index in [-0.39, 0.29) is 5.91 Å². The van der Waals surface area contributed by atoms with Crippen LogP contribution in [0, 0.1) is 0 Å². The van der Waals surface area contributed by atoms with E-state index in [2.05, 4.69) is 0 Å². The predicted octanol–water partition coefficient (Wildman–Crippen LogP) is 2.19. The Morgan fingerprint density at radius 3 is 2.73 bits per heavy atom. The molecule has 1 heterocycles. The lowest BCUT2D eigenvalue weighted by Crippen LogP contribution is -2.42. The molecule has 0 radical (unpaired) electrons. The van der Waals surface area contributed by atoms with Crippen LogP contribution in [0.1, 0.15) is 16.8 Å². The molecule has 1 fully saturated rings. The van der Waals surface area contributed by atoms with Gasteiger partial charge in [-0.25, -0.2) is 0 Å². The van der Waals surface area contributed by atoms with E-state index >= 15 is 0 Å². The highest BCUT2D eigenvalue weighted by Crippen LogP contribution is 2.25. The number of nitrogens with zero attached hydrogens (tertiary/aromatic N) is 1. The van der Waals surface area contributed by atoms with Gasteiger partial charge in [-0.2, -0.15) is 0 Å². The maximum Gasteiger partial charge on any atom is 0.257 e. The maximum absolute atomic E-state index is 11.9. The van der Waals surface area contributed by atoms with Gasteiger partial charge in [0.1, 0.15) is 5.75 Å². The van der Waals surface area contributed by atoms with Crippen molar-refractivity contribution in [3.05, 3.63) is 28.8 Å². The number of amides is 1. The third kappa shape index (κ3) is 1.92. The van der Waals surface area contributed by atoms with Gasteiger partial charge in [0.2, 0.25) is 0 Å². The molecular weight excluding hydrogens is 214 g/mol. The molecule has 1 aromatic carbocycles. The molecule has 1 aliphatic rings. The molecule has 0 aromatic heterocycles. The highest BCUT2D eigenvalue weighted by Gasteiger charge is 2.24. The zero-order valence-electron chi connectivity index (χ0n) is 8.50. The molecule has 4 heteroatoms. The monoisotopic (exact) mass is 225 g/mol. The average molecular weight is 226 g/mol. The first kappa shape index (κ1) is 10.3. The van der Waals surface area contributed by atoms with Gasteiger partial charge in [-0.3, -0.25) is 4.79 Å². The Bertz CT molecular complexity index is 388. The minimum Gasteiger partial charge on any atom is -0.496 e. The lowest BCUT2D eigenvalue weighted by atomic mass is 10.1. The summed E-state index contributed by atoms with van der Waals surface area (Å²) in [6, 6.07) is 5.09. The van der Waals surface area contributed by atoms with Crippen molar-refractivity contribution in [3.63, 3.8) is 0 Å². The topological polar surface area (TPSA) is 29.5 Å².